The number of aliphatic hydroxyl groups is 1. The molecule has 1 saturated heterocycles. The fourth-order valence-corrected chi connectivity index (χ4v) is 2.07. The Balaban J connectivity index is 2.07. The SMILES string of the molecule is C=C(C(=O)O[C@H]1C(=O)OCC1(C)C)C(O)c1ccccc1. The summed E-state index contributed by atoms with van der Waals surface area (Å²) in [7, 11) is 0. The summed E-state index contributed by atoms with van der Waals surface area (Å²) in [6, 6.07) is 8.64. The minimum atomic E-state index is -1.17. The van der Waals surface area contributed by atoms with Crippen molar-refractivity contribution in [1.82, 2.24) is 0 Å². The second-order valence-electron chi connectivity index (χ2n) is 5.72. The zero-order chi connectivity index (χ0) is 15.6. The van der Waals surface area contributed by atoms with Gasteiger partial charge in [-0.1, -0.05) is 50.8 Å². The Bertz CT molecular complexity index is 561. The smallest absolute Gasteiger partial charge is 0.348 e. The predicted molar refractivity (Wildman–Crippen MR) is 75.2 cm³/mol. The number of hydrogen-bond donors (Lipinski definition) is 1. The molecule has 1 N–H and O–H groups in total. The predicted octanol–water partition coefficient (Wildman–Crippen LogP) is 1.77. The van der Waals surface area contributed by atoms with Crippen LogP contribution in [0.1, 0.15) is 25.5 Å². The molecule has 21 heavy (non-hydrogen) atoms. The molecule has 1 aliphatic rings. The van der Waals surface area contributed by atoms with Crippen molar-refractivity contribution in [2.45, 2.75) is 26.1 Å². The Hall–Kier alpha value is -2.14. The van der Waals surface area contributed by atoms with E-state index >= 15 is 0 Å². The van der Waals surface area contributed by atoms with Gasteiger partial charge < -0.3 is 14.6 Å². The first-order valence-electron chi connectivity index (χ1n) is 6.62. The maximum absolute atomic E-state index is 12.1. The van der Waals surface area contributed by atoms with Crippen LogP contribution in [0.25, 0.3) is 0 Å². The molecule has 1 aliphatic heterocycles. The summed E-state index contributed by atoms with van der Waals surface area (Å²) >= 11 is 0. The molecule has 1 aromatic carbocycles. The van der Waals surface area contributed by atoms with Crippen LogP contribution in [-0.2, 0) is 19.1 Å². The van der Waals surface area contributed by atoms with Crippen molar-refractivity contribution in [2.24, 2.45) is 5.41 Å². The van der Waals surface area contributed by atoms with Gasteiger partial charge >= 0.3 is 11.9 Å². The summed E-state index contributed by atoms with van der Waals surface area (Å²) in [4.78, 5) is 23.7. The zero-order valence-corrected chi connectivity index (χ0v) is 12.0. The lowest BCUT2D eigenvalue weighted by molar-refractivity contribution is -0.160. The highest BCUT2D eigenvalue weighted by Gasteiger charge is 2.47. The molecule has 0 aromatic heterocycles. The van der Waals surface area contributed by atoms with Gasteiger partial charge in [-0.25, -0.2) is 9.59 Å². The average Bonchev–Trinajstić information content (AvgIpc) is 2.73. The molecule has 0 bridgehead atoms. The number of aliphatic hydroxyl groups excluding tert-OH is 1. The van der Waals surface area contributed by atoms with E-state index in [0.29, 0.717) is 5.56 Å². The molecule has 0 saturated carbocycles. The molecule has 0 amide bonds. The summed E-state index contributed by atoms with van der Waals surface area (Å²) in [6.07, 6.45) is -2.15. The number of cyclic esters (lactones) is 1. The van der Waals surface area contributed by atoms with E-state index < -0.39 is 29.6 Å². The van der Waals surface area contributed by atoms with Gasteiger partial charge in [-0.15, -0.1) is 0 Å². The summed E-state index contributed by atoms with van der Waals surface area (Å²) in [5.41, 5.74) is -0.172. The van der Waals surface area contributed by atoms with Crippen molar-refractivity contribution in [3.05, 3.63) is 48.0 Å². The van der Waals surface area contributed by atoms with E-state index in [0.717, 1.165) is 0 Å². The molecule has 0 radical (unpaired) electrons. The van der Waals surface area contributed by atoms with Gasteiger partial charge in [0, 0.05) is 5.41 Å². The summed E-state index contributed by atoms with van der Waals surface area (Å²) < 4.78 is 10.1. The maximum atomic E-state index is 12.1. The molecule has 1 unspecified atom stereocenters. The fraction of sp³-hybridized carbons (Fsp3) is 0.375. The van der Waals surface area contributed by atoms with Gasteiger partial charge in [0.2, 0.25) is 6.10 Å². The molecule has 112 valence electrons. The number of carbonyl (C=O) groups excluding carboxylic acids is 2. The third-order valence-electron chi connectivity index (χ3n) is 3.44. The zero-order valence-electron chi connectivity index (χ0n) is 12.0. The highest BCUT2D eigenvalue weighted by Crippen LogP contribution is 2.32. The molecule has 1 aromatic rings. The summed E-state index contributed by atoms with van der Waals surface area (Å²) in [5.74, 6) is -1.38. The highest BCUT2D eigenvalue weighted by atomic mass is 16.6. The minimum absolute atomic E-state index is 0.114. The van der Waals surface area contributed by atoms with Crippen LogP contribution in [0, 0.1) is 5.41 Å². The molecular formula is C16H18O5. The number of benzene rings is 1. The lowest BCUT2D eigenvalue weighted by atomic mass is 9.89. The van der Waals surface area contributed by atoms with Gasteiger partial charge in [-0.3, -0.25) is 0 Å². The highest BCUT2D eigenvalue weighted by molar-refractivity contribution is 5.91. The summed E-state index contributed by atoms with van der Waals surface area (Å²) in [5, 5.41) is 10.1. The molecule has 2 atom stereocenters. The normalized spacial score (nSPS) is 21.5. The Morgan fingerprint density at radius 3 is 2.57 bits per heavy atom. The molecule has 2 rings (SSSR count). The van der Waals surface area contributed by atoms with Crippen molar-refractivity contribution in [2.75, 3.05) is 6.61 Å². The van der Waals surface area contributed by atoms with Crippen molar-refractivity contribution in [3.63, 3.8) is 0 Å². The van der Waals surface area contributed by atoms with Crippen LogP contribution in [-0.4, -0.2) is 29.8 Å². The van der Waals surface area contributed by atoms with Crippen molar-refractivity contribution in [3.8, 4) is 0 Å². The number of rotatable bonds is 4. The van der Waals surface area contributed by atoms with Crippen LogP contribution >= 0.6 is 0 Å². The van der Waals surface area contributed by atoms with E-state index in [-0.39, 0.29) is 12.2 Å². The monoisotopic (exact) mass is 290 g/mol. The second-order valence-corrected chi connectivity index (χ2v) is 5.72. The second kappa shape index (κ2) is 5.69. The average molecular weight is 290 g/mol. The third kappa shape index (κ3) is 3.13. The standard InChI is InChI=1S/C16H18O5/c1-10(12(17)11-7-5-4-6-8-11)14(18)21-13-15(19)20-9-16(13,2)3/h4-8,12-13,17H,1,9H2,2-3H3/t12?,13-/m0/s1. The van der Waals surface area contributed by atoms with Gasteiger partial charge in [-0.2, -0.15) is 0 Å². The van der Waals surface area contributed by atoms with Crippen LogP contribution in [0.2, 0.25) is 0 Å². The van der Waals surface area contributed by atoms with Gasteiger partial charge in [0.05, 0.1) is 5.57 Å². The molecule has 1 fully saturated rings. The molecular weight excluding hydrogens is 272 g/mol. The van der Waals surface area contributed by atoms with Gasteiger partial charge in [0.15, 0.2) is 0 Å². The largest absolute Gasteiger partial charge is 0.462 e. The van der Waals surface area contributed by atoms with Crippen LogP contribution in [0.5, 0.6) is 0 Å². The molecule has 1 heterocycles. The maximum Gasteiger partial charge on any atom is 0.348 e. The van der Waals surface area contributed by atoms with Crippen LogP contribution in [0.4, 0.5) is 0 Å². The molecule has 0 aliphatic carbocycles. The third-order valence-corrected chi connectivity index (χ3v) is 3.44. The first kappa shape index (κ1) is 15.3. The number of carbonyl (C=O) groups is 2. The number of hydrogen-bond acceptors (Lipinski definition) is 5. The molecule has 5 heteroatoms. The first-order valence-corrected chi connectivity index (χ1v) is 6.62. The van der Waals surface area contributed by atoms with Crippen LogP contribution in [0.3, 0.4) is 0 Å². The minimum Gasteiger partial charge on any atom is -0.462 e. The van der Waals surface area contributed by atoms with Gasteiger partial charge in [0.1, 0.15) is 12.7 Å². The topological polar surface area (TPSA) is 72.8 Å². The Morgan fingerprint density at radius 1 is 1.43 bits per heavy atom. The fourth-order valence-electron chi connectivity index (χ4n) is 2.07. The van der Waals surface area contributed by atoms with E-state index in [1.807, 2.05) is 0 Å². The van der Waals surface area contributed by atoms with E-state index in [2.05, 4.69) is 6.58 Å². The van der Waals surface area contributed by atoms with Crippen LogP contribution in [0.15, 0.2) is 42.5 Å². The number of ether oxygens (including phenoxy) is 2. The first-order chi connectivity index (χ1) is 9.83. The van der Waals surface area contributed by atoms with Gasteiger partial charge in [0.25, 0.3) is 0 Å². The lowest BCUT2D eigenvalue weighted by Crippen LogP contribution is -2.35. The van der Waals surface area contributed by atoms with Crippen molar-refractivity contribution in [1.29, 1.82) is 0 Å². The van der Waals surface area contributed by atoms with Crippen LogP contribution < -0.4 is 0 Å². The molecule has 0 spiro atoms. The van der Waals surface area contributed by atoms with E-state index in [1.165, 1.54) is 0 Å². The van der Waals surface area contributed by atoms with Crippen molar-refractivity contribution < 1.29 is 24.2 Å². The number of esters is 2. The van der Waals surface area contributed by atoms with E-state index in [9.17, 15) is 14.7 Å². The van der Waals surface area contributed by atoms with E-state index in [1.54, 1.807) is 44.2 Å². The summed E-state index contributed by atoms with van der Waals surface area (Å²) in [6.45, 7) is 7.30. The lowest BCUT2D eigenvalue weighted by Gasteiger charge is -2.23. The van der Waals surface area contributed by atoms with Gasteiger partial charge in [-0.05, 0) is 5.56 Å². The molecule has 5 nitrogen and oxygen atoms in total. The Labute approximate surface area is 123 Å². The van der Waals surface area contributed by atoms with E-state index in [4.69, 9.17) is 9.47 Å². The Kier molecular flexibility index (Phi) is 4.14. The van der Waals surface area contributed by atoms with Crippen molar-refractivity contribution >= 4 is 11.9 Å². The Morgan fingerprint density at radius 2 is 2.05 bits per heavy atom. The quantitative estimate of drug-likeness (QED) is 0.676.